The molecule has 2 heterocycles. The molecule has 0 bridgehead atoms. The number of fused-ring (bicyclic) bond motifs is 1. The van der Waals surface area contributed by atoms with Gasteiger partial charge in [0.2, 0.25) is 0 Å². The van der Waals surface area contributed by atoms with Gasteiger partial charge < -0.3 is 10.2 Å². The summed E-state index contributed by atoms with van der Waals surface area (Å²) < 4.78 is 1.20. The molecular formula is C13H18N4S. The van der Waals surface area contributed by atoms with E-state index in [1.807, 2.05) is 0 Å². The number of aromatic nitrogens is 2. The second kappa shape index (κ2) is 4.82. The Morgan fingerprint density at radius 1 is 1.44 bits per heavy atom. The van der Waals surface area contributed by atoms with Crippen LogP contribution in [0.2, 0.25) is 0 Å². The smallest absolute Gasteiger partial charge is 0.149 e. The zero-order valence-corrected chi connectivity index (χ0v) is 11.6. The molecule has 0 radical (unpaired) electrons. The Bertz CT molecular complexity index is 547. The maximum atomic E-state index is 4.43. The fourth-order valence-corrected chi connectivity index (χ4v) is 3.10. The summed E-state index contributed by atoms with van der Waals surface area (Å²) >= 11 is 1.73. The number of nitrogens with one attached hydrogen (secondary N) is 1. The first kappa shape index (κ1) is 11.9. The normalized spacial score (nSPS) is 15.2. The zero-order chi connectivity index (χ0) is 12.5. The Balaban J connectivity index is 1.75. The summed E-state index contributed by atoms with van der Waals surface area (Å²) in [6, 6.07) is 0.771. The molecule has 3 rings (SSSR count). The van der Waals surface area contributed by atoms with E-state index in [0.717, 1.165) is 30.5 Å². The van der Waals surface area contributed by atoms with E-state index in [2.05, 4.69) is 39.5 Å². The van der Waals surface area contributed by atoms with E-state index < -0.39 is 0 Å². The van der Waals surface area contributed by atoms with Crippen LogP contribution in [-0.2, 0) is 0 Å². The van der Waals surface area contributed by atoms with Crippen molar-refractivity contribution in [3.63, 3.8) is 0 Å². The molecule has 0 aliphatic heterocycles. The molecule has 96 valence electrons. The topological polar surface area (TPSA) is 41.0 Å². The first-order chi connectivity index (χ1) is 8.75. The van der Waals surface area contributed by atoms with Gasteiger partial charge in [-0.05, 0) is 30.7 Å². The monoisotopic (exact) mass is 262 g/mol. The van der Waals surface area contributed by atoms with Gasteiger partial charge in [-0.25, -0.2) is 9.97 Å². The number of hydrogen-bond donors (Lipinski definition) is 1. The van der Waals surface area contributed by atoms with Crippen molar-refractivity contribution in [2.24, 2.45) is 0 Å². The third-order valence-corrected chi connectivity index (χ3v) is 4.41. The van der Waals surface area contributed by atoms with Crippen molar-refractivity contribution in [2.75, 3.05) is 25.0 Å². The molecule has 4 nitrogen and oxygen atoms in total. The summed E-state index contributed by atoms with van der Waals surface area (Å²) in [5, 5.41) is 5.68. The van der Waals surface area contributed by atoms with Crippen LogP contribution in [0.3, 0.4) is 0 Å². The fraction of sp³-hybridized carbons (Fsp3) is 0.538. The Hall–Kier alpha value is -1.20. The van der Waals surface area contributed by atoms with Gasteiger partial charge in [-0.15, -0.1) is 11.3 Å². The molecule has 1 N–H and O–H groups in total. The molecule has 1 fully saturated rings. The van der Waals surface area contributed by atoms with Crippen molar-refractivity contribution in [3.8, 4) is 0 Å². The fourth-order valence-electron chi connectivity index (χ4n) is 2.06. The molecule has 1 aliphatic rings. The maximum absolute atomic E-state index is 4.43. The van der Waals surface area contributed by atoms with Gasteiger partial charge >= 0.3 is 0 Å². The van der Waals surface area contributed by atoms with Gasteiger partial charge in [-0.2, -0.15) is 0 Å². The van der Waals surface area contributed by atoms with Gasteiger partial charge in [-0.1, -0.05) is 0 Å². The molecule has 5 heteroatoms. The van der Waals surface area contributed by atoms with Crippen LogP contribution >= 0.6 is 11.3 Å². The zero-order valence-electron chi connectivity index (χ0n) is 10.8. The number of rotatable bonds is 5. The minimum atomic E-state index is 0.771. The lowest BCUT2D eigenvalue weighted by Gasteiger charge is -2.18. The van der Waals surface area contributed by atoms with E-state index in [4.69, 9.17) is 0 Å². The largest absolute Gasteiger partial charge is 0.357 e. The van der Waals surface area contributed by atoms with Crippen molar-refractivity contribution in [2.45, 2.75) is 25.8 Å². The van der Waals surface area contributed by atoms with Crippen molar-refractivity contribution >= 4 is 27.4 Å². The molecule has 2 aromatic rings. The van der Waals surface area contributed by atoms with Crippen LogP contribution in [0, 0.1) is 6.92 Å². The quantitative estimate of drug-likeness (QED) is 0.897. The van der Waals surface area contributed by atoms with Gasteiger partial charge in [0.1, 0.15) is 12.1 Å². The van der Waals surface area contributed by atoms with Crippen molar-refractivity contribution < 1.29 is 0 Å². The predicted molar refractivity (Wildman–Crippen MR) is 76.4 cm³/mol. The highest BCUT2D eigenvalue weighted by Crippen LogP contribution is 2.30. The van der Waals surface area contributed by atoms with Crippen LogP contribution in [-0.4, -0.2) is 36.1 Å². The molecule has 0 aromatic carbocycles. The second-order valence-electron chi connectivity index (χ2n) is 4.94. The van der Waals surface area contributed by atoms with Crippen LogP contribution in [0.15, 0.2) is 11.7 Å². The van der Waals surface area contributed by atoms with Crippen molar-refractivity contribution in [3.05, 3.63) is 17.3 Å². The van der Waals surface area contributed by atoms with Crippen LogP contribution in [0.25, 0.3) is 10.2 Å². The lowest BCUT2D eigenvalue weighted by atomic mass is 10.3. The number of anilines is 1. The van der Waals surface area contributed by atoms with Crippen molar-refractivity contribution in [1.29, 1.82) is 0 Å². The third kappa shape index (κ3) is 2.33. The lowest BCUT2D eigenvalue weighted by molar-refractivity contribution is 0.673. The van der Waals surface area contributed by atoms with Gasteiger partial charge in [0.25, 0.3) is 0 Å². The minimum absolute atomic E-state index is 0.771. The Morgan fingerprint density at radius 2 is 2.28 bits per heavy atom. The summed E-state index contributed by atoms with van der Waals surface area (Å²) in [5.74, 6) is 1.05. The van der Waals surface area contributed by atoms with Crippen LogP contribution in [0.1, 0.15) is 18.4 Å². The molecule has 0 amide bonds. The minimum Gasteiger partial charge on any atom is -0.357 e. The number of hydrogen-bond acceptors (Lipinski definition) is 5. The standard InChI is InChI=1S/C13H18N4S/c1-9-7-18-12-11(9)15-8-16-13(12)17(2)6-5-14-10-3-4-10/h7-8,10,14H,3-6H2,1-2H3. The van der Waals surface area contributed by atoms with Gasteiger partial charge in [0.15, 0.2) is 0 Å². The van der Waals surface area contributed by atoms with E-state index in [-0.39, 0.29) is 0 Å². The Morgan fingerprint density at radius 3 is 3.06 bits per heavy atom. The summed E-state index contributed by atoms with van der Waals surface area (Å²) in [6.45, 7) is 4.11. The van der Waals surface area contributed by atoms with Crippen molar-refractivity contribution in [1.82, 2.24) is 15.3 Å². The highest BCUT2D eigenvalue weighted by Gasteiger charge is 2.20. The molecule has 1 aliphatic carbocycles. The van der Waals surface area contributed by atoms with E-state index >= 15 is 0 Å². The number of aryl methyl sites for hydroxylation is 1. The molecule has 2 aromatic heterocycles. The van der Waals surface area contributed by atoms with E-state index in [1.54, 1.807) is 17.7 Å². The molecule has 0 saturated heterocycles. The van der Waals surface area contributed by atoms with Gasteiger partial charge in [-0.3, -0.25) is 0 Å². The first-order valence-corrected chi connectivity index (χ1v) is 7.27. The summed E-state index contributed by atoms with van der Waals surface area (Å²) in [6.07, 6.45) is 4.35. The first-order valence-electron chi connectivity index (χ1n) is 6.39. The summed E-state index contributed by atoms with van der Waals surface area (Å²) in [4.78, 5) is 11.0. The van der Waals surface area contributed by atoms with E-state index in [1.165, 1.54) is 23.1 Å². The van der Waals surface area contributed by atoms with Gasteiger partial charge in [0.05, 0.1) is 10.2 Å². The summed E-state index contributed by atoms with van der Waals surface area (Å²) in [5.41, 5.74) is 2.33. The molecule has 1 saturated carbocycles. The Labute approximate surface area is 111 Å². The number of thiophene rings is 1. The molecular weight excluding hydrogens is 244 g/mol. The third-order valence-electron chi connectivity index (χ3n) is 3.33. The molecule has 0 atom stereocenters. The second-order valence-corrected chi connectivity index (χ2v) is 5.82. The molecule has 18 heavy (non-hydrogen) atoms. The maximum Gasteiger partial charge on any atom is 0.149 e. The highest BCUT2D eigenvalue weighted by molar-refractivity contribution is 7.18. The predicted octanol–water partition coefficient (Wildman–Crippen LogP) is 2.19. The molecule has 0 spiro atoms. The van der Waals surface area contributed by atoms with Crippen LogP contribution in [0.5, 0.6) is 0 Å². The molecule has 0 unspecified atom stereocenters. The average Bonchev–Trinajstić information content (AvgIpc) is 3.12. The van der Waals surface area contributed by atoms with Crippen LogP contribution < -0.4 is 10.2 Å². The highest BCUT2D eigenvalue weighted by atomic mass is 32.1. The lowest BCUT2D eigenvalue weighted by Crippen LogP contribution is -2.30. The van der Waals surface area contributed by atoms with Crippen LogP contribution in [0.4, 0.5) is 5.82 Å². The SMILES string of the molecule is Cc1csc2c(N(C)CCNC3CC3)ncnc12. The average molecular weight is 262 g/mol. The van der Waals surface area contributed by atoms with E-state index in [9.17, 15) is 0 Å². The summed E-state index contributed by atoms with van der Waals surface area (Å²) in [7, 11) is 2.10. The number of likely N-dealkylation sites (N-methyl/N-ethyl adjacent to an activating group) is 1. The van der Waals surface area contributed by atoms with E-state index in [0.29, 0.717) is 0 Å². The Kier molecular flexibility index (Phi) is 3.18. The number of nitrogens with zero attached hydrogens (tertiary/aromatic N) is 3. The van der Waals surface area contributed by atoms with Gasteiger partial charge in [0, 0.05) is 26.2 Å².